The van der Waals surface area contributed by atoms with Crippen molar-refractivity contribution in [2.24, 2.45) is 0 Å². The van der Waals surface area contributed by atoms with Crippen LogP contribution in [0.5, 0.6) is 11.5 Å². The number of benzene rings is 2. The highest BCUT2D eigenvalue weighted by atomic mass is 19.1. The predicted octanol–water partition coefficient (Wildman–Crippen LogP) is 4.27. The first kappa shape index (κ1) is 19.3. The van der Waals surface area contributed by atoms with E-state index in [9.17, 15) is 9.18 Å². The van der Waals surface area contributed by atoms with Gasteiger partial charge in [0, 0.05) is 11.6 Å². The highest BCUT2D eigenvalue weighted by Gasteiger charge is 2.15. The number of hydrogen-bond acceptors (Lipinski definition) is 4. The molecule has 5 nitrogen and oxygen atoms in total. The molecule has 0 saturated heterocycles. The Bertz CT molecular complexity index is 771. The van der Waals surface area contributed by atoms with E-state index in [0.717, 1.165) is 11.6 Å². The maximum atomic E-state index is 14.4. The van der Waals surface area contributed by atoms with Crippen molar-refractivity contribution in [3.8, 4) is 11.5 Å². The van der Waals surface area contributed by atoms with E-state index in [1.54, 1.807) is 13.8 Å². The zero-order valence-electron chi connectivity index (χ0n) is 14.7. The van der Waals surface area contributed by atoms with Gasteiger partial charge in [0.15, 0.2) is 11.5 Å². The van der Waals surface area contributed by atoms with Crippen molar-refractivity contribution < 1.29 is 28.5 Å². The molecule has 26 heavy (non-hydrogen) atoms. The Morgan fingerprint density at radius 1 is 1.08 bits per heavy atom. The van der Waals surface area contributed by atoms with E-state index in [-0.39, 0.29) is 30.3 Å². The summed E-state index contributed by atoms with van der Waals surface area (Å²) >= 11 is 0. The van der Waals surface area contributed by atoms with Crippen LogP contribution in [-0.2, 0) is 16.1 Å². The van der Waals surface area contributed by atoms with Gasteiger partial charge in [-0.25, -0.2) is 9.18 Å². The number of carboxylic acid groups (broad SMARTS) is 1. The lowest BCUT2D eigenvalue weighted by Crippen LogP contribution is -2.05. The maximum absolute atomic E-state index is 14.4. The van der Waals surface area contributed by atoms with E-state index >= 15 is 0 Å². The van der Waals surface area contributed by atoms with E-state index in [0.29, 0.717) is 12.4 Å². The molecule has 138 valence electrons. The molecule has 1 N–H and O–H groups in total. The fourth-order valence-corrected chi connectivity index (χ4v) is 2.24. The molecule has 0 spiro atoms. The van der Waals surface area contributed by atoms with Crippen LogP contribution in [0.2, 0.25) is 0 Å². The Morgan fingerprint density at radius 2 is 1.77 bits per heavy atom. The van der Waals surface area contributed by atoms with E-state index in [1.807, 2.05) is 30.3 Å². The van der Waals surface area contributed by atoms with Crippen LogP contribution in [0.25, 0.3) is 6.08 Å². The molecular formula is C20H21FO5. The van der Waals surface area contributed by atoms with E-state index in [1.165, 1.54) is 12.1 Å². The summed E-state index contributed by atoms with van der Waals surface area (Å²) < 4.78 is 30.6. The van der Waals surface area contributed by atoms with Crippen LogP contribution in [0.3, 0.4) is 0 Å². The minimum Gasteiger partial charge on any atom is -0.490 e. The van der Waals surface area contributed by atoms with Gasteiger partial charge in [-0.05, 0) is 31.6 Å². The summed E-state index contributed by atoms with van der Waals surface area (Å²) in [6, 6.07) is 12.1. The summed E-state index contributed by atoms with van der Waals surface area (Å²) in [6.07, 6.45) is 1.13. The van der Waals surface area contributed by atoms with E-state index < -0.39 is 11.8 Å². The van der Waals surface area contributed by atoms with Crippen molar-refractivity contribution in [2.45, 2.75) is 20.5 Å². The smallest absolute Gasteiger partial charge is 0.371 e. The normalized spacial score (nSPS) is 11.1. The van der Waals surface area contributed by atoms with Crippen molar-refractivity contribution in [1.82, 2.24) is 0 Å². The van der Waals surface area contributed by atoms with Crippen LogP contribution in [0, 0.1) is 5.82 Å². The first-order valence-corrected chi connectivity index (χ1v) is 8.26. The second kappa shape index (κ2) is 9.46. The number of rotatable bonds is 9. The molecule has 0 aromatic heterocycles. The van der Waals surface area contributed by atoms with Gasteiger partial charge >= 0.3 is 5.97 Å². The molecule has 2 rings (SSSR count). The Kier molecular flexibility index (Phi) is 7.02. The molecule has 0 saturated carbocycles. The molecule has 0 fully saturated rings. The Labute approximate surface area is 151 Å². The summed E-state index contributed by atoms with van der Waals surface area (Å²) in [5.41, 5.74) is 0.982. The molecule has 0 aliphatic carbocycles. The molecule has 0 radical (unpaired) electrons. The third kappa shape index (κ3) is 5.24. The molecule has 0 atom stereocenters. The standard InChI is InChI=1S/C20H21FO5/c1-3-24-17-10-15(11-19(20(22)23)25-4-2)16(21)12-18(17)26-13-14-8-6-5-7-9-14/h5-12H,3-4,13H2,1-2H3,(H,22,23)/b19-11-. The van der Waals surface area contributed by atoms with Crippen LogP contribution in [0.1, 0.15) is 25.0 Å². The Balaban J connectivity index is 2.31. The highest BCUT2D eigenvalue weighted by Crippen LogP contribution is 2.32. The molecule has 0 aliphatic heterocycles. The van der Waals surface area contributed by atoms with Crippen molar-refractivity contribution >= 4 is 12.0 Å². The van der Waals surface area contributed by atoms with Crippen LogP contribution in [0.4, 0.5) is 4.39 Å². The number of hydrogen-bond donors (Lipinski definition) is 1. The molecule has 0 bridgehead atoms. The zero-order valence-corrected chi connectivity index (χ0v) is 14.7. The lowest BCUT2D eigenvalue weighted by molar-refractivity contribution is -0.136. The third-order valence-electron chi connectivity index (χ3n) is 3.40. The highest BCUT2D eigenvalue weighted by molar-refractivity contribution is 5.90. The number of carbonyl (C=O) groups is 1. The molecule has 2 aromatic carbocycles. The summed E-state index contributed by atoms with van der Waals surface area (Å²) in [6.45, 7) is 4.22. The molecule has 0 heterocycles. The second-order valence-electron chi connectivity index (χ2n) is 5.27. The fraction of sp³-hybridized carbons (Fsp3) is 0.250. The van der Waals surface area contributed by atoms with Crippen LogP contribution >= 0.6 is 0 Å². The zero-order chi connectivity index (χ0) is 18.9. The minimum atomic E-state index is -1.27. The molecule has 0 amide bonds. The van der Waals surface area contributed by atoms with Gasteiger partial charge in [0.05, 0.1) is 13.2 Å². The van der Waals surface area contributed by atoms with Crippen molar-refractivity contribution in [2.75, 3.05) is 13.2 Å². The van der Waals surface area contributed by atoms with Gasteiger partial charge in [0.2, 0.25) is 5.76 Å². The Morgan fingerprint density at radius 3 is 2.38 bits per heavy atom. The first-order chi connectivity index (χ1) is 12.5. The quantitative estimate of drug-likeness (QED) is 0.534. The van der Waals surface area contributed by atoms with Gasteiger partial charge in [-0.2, -0.15) is 0 Å². The number of aliphatic carboxylic acids is 1. The molecular weight excluding hydrogens is 339 g/mol. The van der Waals surface area contributed by atoms with Gasteiger partial charge in [0.25, 0.3) is 0 Å². The van der Waals surface area contributed by atoms with Crippen molar-refractivity contribution in [1.29, 1.82) is 0 Å². The van der Waals surface area contributed by atoms with Gasteiger partial charge < -0.3 is 19.3 Å². The molecule has 0 unspecified atom stereocenters. The summed E-state index contributed by atoms with van der Waals surface area (Å²) in [4.78, 5) is 11.2. The van der Waals surface area contributed by atoms with Gasteiger partial charge in [-0.1, -0.05) is 30.3 Å². The van der Waals surface area contributed by atoms with E-state index in [2.05, 4.69) is 0 Å². The Hall–Kier alpha value is -3.02. The van der Waals surface area contributed by atoms with Gasteiger partial charge in [0.1, 0.15) is 12.4 Å². The lowest BCUT2D eigenvalue weighted by Gasteiger charge is -2.14. The fourth-order valence-electron chi connectivity index (χ4n) is 2.24. The summed E-state index contributed by atoms with van der Waals surface area (Å²) in [5.74, 6) is -1.66. The molecule has 6 heteroatoms. The average Bonchev–Trinajstić information content (AvgIpc) is 2.63. The van der Waals surface area contributed by atoms with Crippen molar-refractivity contribution in [3.63, 3.8) is 0 Å². The average molecular weight is 360 g/mol. The minimum absolute atomic E-state index is 0.0476. The predicted molar refractivity (Wildman–Crippen MR) is 95.6 cm³/mol. The topological polar surface area (TPSA) is 65.0 Å². The van der Waals surface area contributed by atoms with Crippen LogP contribution < -0.4 is 9.47 Å². The molecule has 0 aliphatic rings. The van der Waals surface area contributed by atoms with Gasteiger partial charge in [-0.15, -0.1) is 0 Å². The van der Waals surface area contributed by atoms with Gasteiger partial charge in [-0.3, -0.25) is 0 Å². The molecule has 2 aromatic rings. The summed E-state index contributed by atoms with van der Waals surface area (Å²) in [5, 5.41) is 9.12. The third-order valence-corrected chi connectivity index (χ3v) is 3.40. The number of halogens is 1. The second-order valence-corrected chi connectivity index (χ2v) is 5.27. The monoisotopic (exact) mass is 360 g/mol. The SMILES string of the molecule is CCO/C(=C\c1cc(OCC)c(OCc2ccccc2)cc1F)C(=O)O. The van der Waals surface area contributed by atoms with Crippen molar-refractivity contribution in [3.05, 3.63) is 65.2 Å². The lowest BCUT2D eigenvalue weighted by atomic mass is 10.1. The van der Waals surface area contributed by atoms with Crippen LogP contribution in [0.15, 0.2) is 48.2 Å². The largest absolute Gasteiger partial charge is 0.490 e. The van der Waals surface area contributed by atoms with E-state index in [4.69, 9.17) is 19.3 Å². The summed E-state index contributed by atoms with van der Waals surface area (Å²) in [7, 11) is 0. The number of carboxylic acids is 1. The number of ether oxygens (including phenoxy) is 3. The first-order valence-electron chi connectivity index (χ1n) is 8.26. The maximum Gasteiger partial charge on any atom is 0.371 e. The van der Waals surface area contributed by atoms with Crippen LogP contribution in [-0.4, -0.2) is 24.3 Å².